The zero-order valence-corrected chi connectivity index (χ0v) is 11.4. The molecule has 0 saturated carbocycles. The predicted octanol–water partition coefficient (Wildman–Crippen LogP) is -0.282. The van der Waals surface area contributed by atoms with Crippen molar-refractivity contribution >= 4 is 0 Å². The van der Waals surface area contributed by atoms with Crippen LogP contribution in [0.25, 0.3) is 0 Å². The summed E-state index contributed by atoms with van der Waals surface area (Å²) in [7, 11) is 0. The maximum Gasteiger partial charge on any atom is 0.156 e. The third kappa shape index (κ3) is 53.6. The summed E-state index contributed by atoms with van der Waals surface area (Å²) in [5.74, 6) is 0. The molecule has 0 bridgehead atoms. The maximum absolute atomic E-state index is 8.23. The second-order valence-corrected chi connectivity index (χ2v) is 2.06. The van der Waals surface area contributed by atoms with Gasteiger partial charge in [0, 0.05) is 48.0 Å². The normalized spacial score (nSPS) is 15.8. The Morgan fingerprint density at radius 2 is 1.13 bits per heavy atom. The molecule has 1 rings (SSSR count). The van der Waals surface area contributed by atoms with Crippen LogP contribution in [-0.4, -0.2) is 53.1 Å². The van der Waals surface area contributed by atoms with Gasteiger partial charge in [0.2, 0.25) is 0 Å². The topological polar surface area (TPSA) is 90.2 Å². The van der Waals surface area contributed by atoms with E-state index < -0.39 is 6.29 Å². The minimum Gasteiger partial charge on any atom is -0.397 e. The smallest absolute Gasteiger partial charge is 0.156 e. The fraction of sp³-hybridized carbons (Fsp3) is 1.00. The molecule has 1 aliphatic heterocycles. The molecule has 15 heavy (non-hydrogen) atoms. The van der Waals surface area contributed by atoms with Crippen molar-refractivity contribution < 1.29 is 46.9 Å². The van der Waals surface area contributed by atoms with E-state index in [9.17, 15) is 0 Å². The molecule has 0 amide bonds. The molecule has 0 aromatic carbocycles. The van der Waals surface area contributed by atoms with Gasteiger partial charge in [0.15, 0.2) is 6.29 Å². The molecule has 6 heteroatoms. The summed E-state index contributed by atoms with van der Waals surface area (Å²) in [5.41, 5.74) is 0. The van der Waals surface area contributed by atoms with Gasteiger partial charge in [-0.3, -0.25) is 0 Å². The van der Waals surface area contributed by atoms with E-state index in [-0.39, 0.29) is 41.5 Å². The summed E-state index contributed by atoms with van der Waals surface area (Å²) in [4.78, 5) is 0. The fourth-order valence-corrected chi connectivity index (χ4v) is 0.223. The van der Waals surface area contributed by atoms with E-state index in [0.717, 1.165) is 13.0 Å². The van der Waals surface area contributed by atoms with Crippen molar-refractivity contribution in [1.82, 2.24) is 0 Å². The number of aliphatic hydroxyl groups excluding tert-OH is 4. The Hall–Kier alpha value is 0.514. The maximum atomic E-state index is 8.23. The van der Waals surface area contributed by atoms with Crippen LogP contribution in [-0.2, 0) is 26.5 Å². The van der Waals surface area contributed by atoms with Gasteiger partial charge in [-0.1, -0.05) is 0 Å². The average molecular weight is 260 g/mol. The van der Waals surface area contributed by atoms with E-state index in [1.54, 1.807) is 20.8 Å². The predicted molar refractivity (Wildman–Crippen MR) is 54.9 cm³/mol. The van der Waals surface area contributed by atoms with E-state index in [0.29, 0.717) is 0 Å². The minimum absolute atomic E-state index is 0. The van der Waals surface area contributed by atoms with Gasteiger partial charge in [-0.25, -0.2) is 0 Å². The molecular formula is C9H24O5Ti. The van der Waals surface area contributed by atoms with Crippen LogP contribution in [0.2, 0.25) is 0 Å². The molecule has 5 nitrogen and oxygen atoms in total. The summed E-state index contributed by atoms with van der Waals surface area (Å²) in [5, 5.41) is 30.9. The van der Waals surface area contributed by atoms with Gasteiger partial charge in [0.1, 0.15) is 0 Å². The van der Waals surface area contributed by atoms with E-state index in [1.165, 1.54) is 0 Å². The van der Waals surface area contributed by atoms with E-state index in [1.807, 2.05) is 0 Å². The number of ether oxygens (including phenoxy) is 1. The first-order valence-electron chi connectivity index (χ1n) is 4.76. The molecule has 1 unspecified atom stereocenters. The molecule has 1 aliphatic rings. The monoisotopic (exact) mass is 260 g/mol. The summed E-state index contributed by atoms with van der Waals surface area (Å²) in [6.07, 6.45) is 0.384. The van der Waals surface area contributed by atoms with Gasteiger partial charge in [-0.2, -0.15) is 0 Å². The van der Waals surface area contributed by atoms with E-state index in [4.69, 9.17) is 20.4 Å². The summed E-state index contributed by atoms with van der Waals surface area (Å²) >= 11 is 0. The molecule has 1 heterocycles. The fourth-order valence-electron chi connectivity index (χ4n) is 0.223. The molecule has 0 radical (unpaired) electrons. The zero-order valence-electron chi connectivity index (χ0n) is 9.81. The molecule has 1 atom stereocenters. The number of hydrogen-bond acceptors (Lipinski definition) is 5. The first-order chi connectivity index (χ1) is 6.64. The third-order valence-electron chi connectivity index (χ3n) is 0.675. The quantitative estimate of drug-likeness (QED) is 0.450. The molecule has 0 aliphatic carbocycles. The Labute approximate surface area is 107 Å². The van der Waals surface area contributed by atoms with Crippen LogP contribution >= 0.6 is 0 Å². The van der Waals surface area contributed by atoms with Crippen molar-refractivity contribution in [2.45, 2.75) is 33.5 Å². The number of aliphatic hydroxyl groups is 4. The Kier molecular flexibility index (Phi) is 48.1. The Balaban J connectivity index is -0.0000000550. The summed E-state index contributed by atoms with van der Waals surface area (Å²) < 4.78 is 4.49. The average Bonchev–Trinajstić information content (AvgIpc) is 2.05. The van der Waals surface area contributed by atoms with E-state index in [2.05, 4.69) is 4.74 Å². The van der Waals surface area contributed by atoms with Gasteiger partial charge >= 0.3 is 0 Å². The Morgan fingerprint density at radius 3 is 1.13 bits per heavy atom. The Morgan fingerprint density at radius 1 is 1.00 bits per heavy atom. The zero-order chi connectivity index (χ0) is 11.8. The molecule has 4 N–H and O–H groups in total. The SMILES string of the molecule is CCO.CCO.CCO.OC1CCO1.[Ti]. The number of hydrogen-bond donors (Lipinski definition) is 4. The van der Waals surface area contributed by atoms with Gasteiger partial charge in [0.05, 0.1) is 6.61 Å². The van der Waals surface area contributed by atoms with Crippen molar-refractivity contribution in [3.8, 4) is 0 Å². The van der Waals surface area contributed by atoms with Crippen LogP contribution in [0.5, 0.6) is 0 Å². The summed E-state index contributed by atoms with van der Waals surface area (Å²) in [6, 6.07) is 0. The minimum atomic E-state index is -0.435. The third-order valence-corrected chi connectivity index (χ3v) is 0.675. The van der Waals surface area contributed by atoms with Crippen LogP contribution in [0, 0.1) is 0 Å². The molecule has 0 aromatic rings. The van der Waals surface area contributed by atoms with Crippen molar-refractivity contribution in [1.29, 1.82) is 0 Å². The molecule has 0 aromatic heterocycles. The standard InChI is InChI=1S/C3H6O2.3C2H6O.Ti/c4-3-1-2-5-3;3*1-2-3;/h3-4H,1-2H2;3*3H,2H2,1H3;. The Bertz CT molecular complexity index is 66.8. The molecular weight excluding hydrogens is 236 g/mol. The largest absolute Gasteiger partial charge is 0.397 e. The van der Waals surface area contributed by atoms with Crippen molar-refractivity contribution in [2.24, 2.45) is 0 Å². The van der Waals surface area contributed by atoms with Crippen LogP contribution in [0.4, 0.5) is 0 Å². The second-order valence-electron chi connectivity index (χ2n) is 2.06. The van der Waals surface area contributed by atoms with Crippen molar-refractivity contribution in [3.63, 3.8) is 0 Å². The first-order valence-corrected chi connectivity index (χ1v) is 4.76. The molecule has 1 saturated heterocycles. The second kappa shape index (κ2) is 29.3. The number of rotatable bonds is 0. The van der Waals surface area contributed by atoms with Crippen LogP contribution in [0.15, 0.2) is 0 Å². The van der Waals surface area contributed by atoms with E-state index >= 15 is 0 Å². The van der Waals surface area contributed by atoms with Gasteiger partial charge < -0.3 is 25.2 Å². The molecule has 0 spiro atoms. The van der Waals surface area contributed by atoms with Gasteiger partial charge in [-0.05, 0) is 20.8 Å². The summed E-state index contributed by atoms with van der Waals surface area (Å²) in [6.45, 7) is 6.53. The van der Waals surface area contributed by atoms with Gasteiger partial charge in [-0.15, -0.1) is 0 Å². The van der Waals surface area contributed by atoms with Gasteiger partial charge in [0.25, 0.3) is 0 Å². The first kappa shape index (κ1) is 24.7. The van der Waals surface area contributed by atoms with Crippen molar-refractivity contribution in [2.75, 3.05) is 26.4 Å². The van der Waals surface area contributed by atoms with Crippen molar-refractivity contribution in [3.05, 3.63) is 0 Å². The van der Waals surface area contributed by atoms with Crippen LogP contribution in [0.1, 0.15) is 27.2 Å². The van der Waals surface area contributed by atoms with Crippen LogP contribution < -0.4 is 0 Å². The molecule has 94 valence electrons. The van der Waals surface area contributed by atoms with Crippen LogP contribution in [0.3, 0.4) is 0 Å². The molecule has 1 fully saturated rings.